The van der Waals surface area contributed by atoms with E-state index in [9.17, 15) is 18.0 Å². The number of hydrogen-bond donors (Lipinski definition) is 1. The van der Waals surface area contributed by atoms with Crippen LogP contribution in [-0.2, 0) is 26.2 Å². The van der Waals surface area contributed by atoms with Crippen LogP contribution in [0.4, 0.5) is 5.69 Å². The number of likely N-dealkylation sites (N-methyl/N-ethyl adjacent to an activating group) is 1. The maximum Gasteiger partial charge on any atom is 0.244 e. The Kier molecular flexibility index (Phi) is 8.98. The van der Waals surface area contributed by atoms with E-state index in [1.165, 1.54) is 11.9 Å². The van der Waals surface area contributed by atoms with Crippen LogP contribution in [0.1, 0.15) is 18.1 Å². The van der Waals surface area contributed by atoms with Gasteiger partial charge in [0.05, 0.1) is 22.0 Å². The molecule has 2 aromatic rings. The Labute approximate surface area is 206 Å². The molecule has 0 bridgehead atoms. The minimum absolute atomic E-state index is 0.0429. The highest BCUT2D eigenvalue weighted by molar-refractivity contribution is 9.10. The fraction of sp³-hybridized carbons (Fsp3) is 0.333. The third-order valence-corrected chi connectivity index (χ3v) is 7.63. The summed E-state index contributed by atoms with van der Waals surface area (Å²) in [5.41, 5.74) is 1.81. The number of anilines is 1. The van der Waals surface area contributed by atoms with Crippen LogP contribution < -0.4 is 9.62 Å². The van der Waals surface area contributed by atoms with Crippen molar-refractivity contribution < 1.29 is 18.0 Å². The number of carbonyl (C=O) groups excluding carboxylic acids is 2. The molecule has 2 rings (SSSR count). The van der Waals surface area contributed by atoms with Crippen molar-refractivity contribution in [1.82, 2.24) is 10.2 Å². The molecular formula is C21H24BrCl2N3O4S. The molecule has 2 amide bonds. The van der Waals surface area contributed by atoms with Gasteiger partial charge in [-0.05, 0) is 55.3 Å². The van der Waals surface area contributed by atoms with Crippen LogP contribution in [0.5, 0.6) is 0 Å². The van der Waals surface area contributed by atoms with Crippen molar-refractivity contribution in [1.29, 1.82) is 0 Å². The quantitative estimate of drug-likeness (QED) is 0.525. The summed E-state index contributed by atoms with van der Waals surface area (Å²) in [7, 11) is -2.32. The Bertz CT molecular complexity index is 1130. The van der Waals surface area contributed by atoms with E-state index in [1.54, 1.807) is 43.3 Å². The lowest BCUT2D eigenvalue weighted by atomic mass is 10.1. The smallest absolute Gasteiger partial charge is 0.244 e. The standard InChI is InChI=1S/C21H24BrCl2N3O4S/c1-13-9-16(6-7-17(13)22)27(32(4,30)31)12-20(28)26(14(2)21(29)25-3)11-15-5-8-18(23)19(24)10-15/h5-10,14H,11-12H2,1-4H3,(H,25,29). The highest BCUT2D eigenvalue weighted by atomic mass is 79.9. The summed E-state index contributed by atoms with van der Waals surface area (Å²) in [5, 5.41) is 3.19. The zero-order valence-corrected chi connectivity index (χ0v) is 21.9. The predicted molar refractivity (Wildman–Crippen MR) is 132 cm³/mol. The van der Waals surface area contributed by atoms with E-state index >= 15 is 0 Å². The molecule has 7 nitrogen and oxygen atoms in total. The van der Waals surface area contributed by atoms with E-state index in [1.807, 2.05) is 6.92 Å². The molecular weight excluding hydrogens is 541 g/mol. The molecule has 1 N–H and O–H groups in total. The molecule has 0 fully saturated rings. The van der Waals surface area contributed by atoms with Gasteiger partial charge in [-0.3, -0.25) is 13.9 Å². The van der Waals surface area contributed by atoms with Crippen molar-refractivity contribution >= 4 is 66.7 Å². The first kappa shape index (κ1) is 26.4. The summed E-state index contributed by atoms with van der Waals surface area (Å²) in [4.78, 5) is 26.9. The third kappa shape index (κ3) is 6.60. The van der Waals surface area contributed by atoms with Gasteiger partial charge in [-0.25, -0.2) is 8.42 Å². The lowest BCUT2D eigenvalue weighted by molar-refractivity contribution is -0.139. The molecule has 0 radical (unpaired) electrons. The number of carbonyl (C=O) groups is 2. The fourth-order valence-corrected chi connectivity index (χ4v) is 4.43. The molecule has 0 saturated heterocycles. The molecule has 11 heteroatoms. The van der Waals surface area contributed by atoms with Crippen LogP contribution in [-0.4, -0.2) is 51.0 Å². The van der Waals surface area contributed by atoms with Crippen LogP contribution in [0.15, 0.2) is 40.9 Å². The number of nitrogens with one attached hydrogen (secondary N) is 1. The topological polar surface area (TPSA) is 86.8 Å². The average molecular weight is 565 g/mol. The Balaban J connectivity index is 2.42. The maximum absolute atomic E-state index is 13.3. The minimum atomic E-state index is -3.78. The molecule has 0 aliphatic carbocycles. The molecule has 1 unspecified atom stereocenters. The van der Waals surface area contributed by atoms with Crippen LogP contribution >= 0.6 is 39.1 Å². The van der Waals surface area contributed by atoms with Crippen molar-refractivity contribution in [3.63, 3.8) is 0 Å². The zero-order chi connectivity index (χ0) is 24.2. The summed E-state index contributed by atoms with van der Waals surface area (Å²) in [6.07, 6.45) is 1.03. The Morgan fingerprint density at radius 1 is 1.12 bits per heavy atom. The molecule has 0 heterocycles. The average Bonchev–Trinajstić information content (AvgIpc) is 2.72. The Hall–Kier alpha value is -1.81. The number of rotatable bonds is 8. The second kappa shape index (κ2) is 10.9. The molecule has 0 aliphatic rings. The van der Waals surface area contributed by atoms with Crippen molar-refractivity contribution in [2.24, 2.45) is 0 Å². The summed E-state index contributed by atoms with van der Waals surface area (Å²) in [6.45, 7) is 2.97. The Morgan fingerprint density at radius 2 is 1.78 bits per heavy atom. The van der Waals surface area contributed by atoms with Gasteiger partial charge in [0, 0.05) is 18.1 Å². The van der Waals surface area contributed by atoms with E-state index in [0.717, 1.165) is 20.6 Å². The largest absolute Gasteiger partial charge is 0.357 e. The van der Waals surface area contributed by atoms with Crippen molar-refractivity contribution in [2.45, 2.75) is 26.4 Å². The van der Waals surface area contributed by atoms with Crippen LogP contribution in [0.25, 0.3) is 0 Å². The van der Waals surface area contributed by atoms with Gasteiger partial charge < -0.3 is 10.2 Å². The molecule has 0 saturated carbocycles. The second-order valence-electron chi connectivity index (χ2n) is 7.26. The first-order chi connectivity index (χ1) is 14.8. The summed E-state index contributed by atoms with van der Waals surface area (Å²) < 4.78 is 26.9. The van der Waals surface area contributed by atoms with E-state index in [2.05, 4.69) is 21.2 Å². The number of aryl methyl sites for hydroxylation is 1. The highest BCUT2D eigenvalue weighted by Crippen LogP contribution is 2.26. The van der Waals surface area contributed by atoms with Gasteiger partial charge >= 0.3 is 0 Å². The molecule has 32 heavy (non-hydrogen) atoms. The van der Waals surface area contributed by atoms with Gasteiger partial charge in [0.2, 0.25) is 21.8 Å². The van der Waals surface area contributed by atoms with Crippen molar-refractivity contribution in [3.05, 3.63) is 62.0 Å². The first-order valence-corrected chi connectivity index (χ1v) is 12.9. The third-order valence-electron chi connectivity index (χ3n) is 4.86. The van der Waals surface area contributed by atoms with Gasteiger partial charge in [-0.1, -0.05) is 45.2 Å². The fourth-order valence-electron chi connectivity index (χ4n) is 3.02. The second-order valence-corrected chi connectivity index (χ2v) is 10.8. The van der Waals surface area contributed by atoms with Crippen molar-refractivity contribution in [3.8, 4) is 0 Å². The van der Waals surface area contributed by atoms with Gasteiger partial charge in [0.25, 0.3) is 0 Å². The van der Waals surface area contributed by atoms with Gasteiger partial charge in [0.1, 0.15) is 12.6 Å². The molecule has 0 spiro atoms. The van der Waals surface area contributed by atoms with Gasteiger partial charge in [-0.2, -0.15) is 0 Å². The number of halogens is 3. The molecule has 2 aromatic carbocycles. The summed E-state index contributed by atoms with van der Waals surface area (Å²) >= 11 is 15.5. The molecule has 0 aromatic heterocycles. The van der Waals surface area contributed by atoms with Crippen molar-refractivity contribution in [2.75, 3.05) is 24.2 Å². The Morgan fingerprint density at radius 3 is 2.31 bits per heavy atom. The van der Waals surface area contributed by atoms with E-state index in [0.29, 0.717) is 21.3 Å². The monoisotopic (exact) mass is 563 g/mol. The summed E-state index contributed by atoms with van der Waals surface area (Å²) in [6, 6.07) is 9.04. The first-order valence-electron chi connectivity index (χ1n) is 9.54. The van der Waals surface area contributed by atoms with Crippen LogP contribution in [0.2, 0.25) is 10.0 Å². The number of sulfonamides is 1. The maximum atomic E-state index is 13.3. The van der Waals surface area contributed by atoms with Crippen LogP contribution in [0, 0.1) is 6.92 Å². The number of amides is 2. The lowest BCUT2D eigenvalue weighted by Crippen LogP contribution is -2.50. The highest BCUT2D eigenvalue weighted by Gasteiger charge is 2.30. The molecule has 0 aliphatic heterocycles. The molecule has 174 valence electrons. The van der Waals surface area contributed by atoms with Crippen LogP contribution in [0.3, 0.4) is 0 Å². The number of benzene rings is 2. The normalized spacial score (nSPS) is 12.2. The predicted octanol–water partition coefficient (Wildman–Crippen LogP) is 3.99. The molecule has 1 atom stereocenters. The summed E-state index contributed by atoms with van der Waals surface area (Å²) in [5.74, 6) is -0.929. The number of nitrogens with zero attached hydrogens (tertiary/aromatic N) is 2. The van der Waals surface area contributed by atoms with E-state index < -0.39 is 28.5 Å². The number of hydrogen-bond acceptors (Lipinski definition) is 4. The lowest BCUT2D eigenvalue weighted by Gasteiger charge is -2.31. The van der Waals surface area contributed by atoms with Gasteiger partial charge in [-0.15, -0.1) is 0 Å². The zero-order valence-electron chi connectivity index (χ0n) is 18.0. The van der Waals surface area contributed by atoms with Gasteiger partial charge in [0.15, 0.2) is 0 Å². The SMILES string of the molecule is CNC(=O)C(C)N(Cc1ccc(Cl)c(Cl)c1)C(=O)CN(c1ccc(Br)c(C)c1)S(C)(=O)=O. The van der Waals surface area contributed by atoms with E-state index in [4.69, 9.17) is 23.2 Å². The minimum Gasteiger partial charge on any atom is -0.357 e. The van der Waals surface area contributed by atoms with E-state index in [-0.39, 0.29) is 12.5 Å².